The summed E-state index contributed by atoms with van der Waals surface area (Å²) >= 11 is 0. The van der Waals surface area contributed by atoms with Crippen LogP contribution in [0.1, 0.15) is 20.3 Å². The zero-order valence-corrected chi connectivity index (χ0v) is 10.9. The maximum atomic E-state index is 14.2. The predicted molar refractivity (Wildman–Crippen MR) is 67.6 cm³/mol. The molecule has 0 aromatic carbocycles. The molecule has 0 aromatic rings. The standard InChI is InChI=1S/C13H18BF2NO/c1-9-11(15)10(17-3-5-18-6-4-17)7-13(2,8-14)12(9)16/h3-8H2,1-2H3. The first-order valence-corrected chi connectivity index (χ1v) is 6.28. The minimum atomic E-state index is -0.784. The van der Waals surface area contributed by atoms with Crippen molar-refractivity contribution in [3.63, 3.8) is 0 Å². The molecular formula is C13H18BF2NO. The van der Waals surface area contributed by atoms with Crippen molar-refractivity contribution >= 4 is 7.85 Å². The molecule has 18 heavy (non-hydrogen) atoms. The molecule has 0 spiro atoms. The van der Waals surface area contributed by atoms with Gasteiger partial charge in [-0.15, -0.1) is 0 Å². The number of rotatable bonds is 2. The van der Waals surface area contributed by atoms with Gasteiger partial charge in [0.2, 0.25) is 0 Å². The first kappa shape index (κ1) is 13.6. The lowest BCUT2D eigenvalue weighted by molar-refractivity contribution is 0.0475. The van der Waals surface area contributed by atoms with Gasteiger partial charge in [-0.1, -0.05) is 13.2 Å². The Hall–Kier alpha value is -0.835. The largest absolute Gasteiger partial charge is 0.378 e. The summed E-state index contributed by atoms with van der Waals surface area (Å²) in [6.45, 7) is 5.70. The van der Waals surface area contributed by atoms with Crippen LogP contribution < -0.4 is 0 Å². The van der Waals surface area contributed by atoms with Crippen molar-refractivity contribution in [1.29, 1.82) is 0 Å². The smallest absolute Gasteiger partial charge is 0.147 e. The van der Waals surface area contributed by atoms with E-state index >= 15 is 0 Å². The second-order valence-electron chi connectivity index (χ2n) is 5.24. The lowest BCUT2D eigenvalue weighted by Gasteiger charge is -2.39. The molecule has 2 rings (SSSR count). The van der Waals surface area contributed by atoms with Crippen molar-refractivity contribution in [2.75, 3.05) is 26.3 Å². The third kappa shape index (κ3) is 2.20. The van der Waals surface area contributed by atoms with Crippen molar-refractivity contribution in [3.05, 3.63) is 22.9 Å². The average Bonchev–Trinajstić information content (AvgIpc) is 2.41. The fourth-order valence-corrected chi connectivity index (χ4v) is 2.54. The van der Waals surface area contributed by atoms with Crippen LogP contribution in [-0.2, 0) is 4.74 Å². The maximum absolute atomic E-state index is 14.2. The van der Waals surface area contributed by atoms with E-state index in [0.29, 0.717) is 38.4 Å². The summed E-state index contributed by atoms with van der Waals surface area (Å²) in [5, 5.41) is 0. The van der Waals surface area contributed by atoms with Gasteiger partial charge in [0, 0.05) is 30.5 Å². The Bertz CT molecular complexity index is 402. The molecule has 0 saturated carbocycles. The minimum Gasteiger partial charge on any atom is -0.378 e. The highest BCUT2D eigenvalue weighted by Gasteiger charge is 2.38. The Balaban J connectivity index is 2.34. The zero-order valence-electron chi connectivity index (χ0n) is 10.9. The number of morpholine rings is 1. The summed E-state index contributed by atoms with van der Waals surface area (Å²) in [5.74, 6) is -0.847. The molecule has 1 fully saturated rings. The van der Waals surface area contributed by atoms with Crippen LogP contribution in [0.25, 0.3) is 0 Å². The minimum absolute atomic E-state index is 0.0932. The molecule has 1 aliphatic carbocycles. The Morgan fingerprint density at radius 2 is 1.94 bits per heavy atom. The zero-order chi connectivity index (χ0) is 13.3. The van der Waals surface area contributed by atoms with Crippen LogP contribution >= 0.6 is 0 Å². The van der Waals surface area contributed by atoms with Gasteiger partial charge in [-0.05, 0) is 6.92 Å². The highest BCUT2D eigenvalue weighted by atomic mass is 19.1. The van der Waals surface area contributed by atoms with E-state index in [1.165, 1.54) is 6.92 Å². The van der Waals surface area contributed by atoms with Gasteiger partial charge in [0.15, 0.2) is 0 Å². The molecule has 1 atom stereocenters. The molecule has 1 aliphatic heterocycles. The summed E-state index contributed by atoms with van der Waals surface area (Å²) < 4.78 is 33.6. The monoisotopic (exact) mass is 253 g/mol. The van der Waals surface area contributed by atoms with Gasteiger partial charge in [-0.2, -0.15) is 0 Å². The molecule has 98 valence electrons. The van der Waals surface area contributed by atoms with E-state index in [0.717, 1.165) is 0 Å². The van der Waals surface area contributed by atoms with Gasteiger partial charge in [-0.25, -0.2) is 8.78 Å². The van der Waals surface area contributed by atoms with E-state index in [-0.39, 0.29) is 11.9 Å². The molecule has 0 bridgehead atoms. The number of halogens is 2. The van der Waals surface area contributed by atoms with Crippen molar-refractivity contribution in [2.45, 2.75) is 26.6 Å². The molecule has 5 heteroatoms. The molecule has 0 aromatic heterocycles. The molecule has 1 saturated heterocycles. The lowest BCUT2D eigenvalue weighted by Crippen LogP contribution is -2.39. The van der Waals surface area contributed by atoms with E-state index in [1.54, 1.807) is 6.92 Å². The van der Waals surface area contributed by atoms with Crippen molar-refractivity contribution in [2.24, 2.45) is 5.41 Å². The molecule has 2 radical (unpaired) electrons. The first-order valence-electron chi connectivity index (χ1n) is 6.28. The summed E-state index contributed by atoms with van der Waals surface area (Å²) in [6.07, 6.45) is 0.496. The van der Waals surface area contributed by atoms with Gasteiger partial charge in [0.25, 0.3) is 0 Å². The fraction of sp³-hybridized carbons (Fsp3) is 0.692. The van der Waals surface area contributed by atoms with Crippen LogP contribution in [0.4, 0.5) is 8.78 Å². The predicted octanol–water partition coefficient (Wildman–Crippen LogP) is 2.74. The highest BCUT2D eigenvalue weighted by molar-refractivity contribution is 6.09. The quantitative estimate of drug-likeness (QED) is 0.701. The number of nitrogens with zero attached hydrogens (tertiary/aromatic N) is 1. The number of allylic oxidation sites excluding steroid dienone is 4. The number of hydrogen-bond donors (Lipinski definition) is 0. The fourth-order valence-electron chi connectivity index (χ4n) is 2.54. The molecule has 1 unspecified atom stereocenters. The van der Waals surface area contributed by atoms with Gasteiger partial charge in [-0.3, -0.25) is 0 Å². The molecule has 2 nitrogen and oxygen atoms in total. The second kappa shape index (κ2) is 5.04. The van der Waals surface area contributed by atoms with Crippen LogP contribution in [0.2, 0.25) is 6.32 Å². The normalized spacial score (nSPS) is 30.1. The van der Waals surface area contributed by atoms with Gasteiger partial charge >= 0.3 is 0 Å². The highest BCUT2D eigenvalue weighted by Crippen LogP contribution is 2.47. The van der Waals surface area contributed by atoms with E-state index in [9.17, 15) is 8.78 Å². The Kier molecular flexibility index (Phi) is 3.80. The third-order valence-corrected chi connectivity index (χ3v) is 3.84. The molecule has 1 heterocycles. The first-order chi connectivity index (χ1) is 8.49. The van der Waals surface area contributed by atoms with Crippen LogP contribution in [-0.4, -0.2) is 39.0 Å². The summed E-state index contributed by atoms with van der Waals surface area (Å²) in [6, 6.07) is 0. The maximum Gasteiger partial charge on any atom is 0.147 e. The average molecular weight is 253 g/mol. The van der Waals surface area contributed by atoms with Crippen LogP contribution in [0.3, 0.4) is 0 Å². The lowest BCUT2D eigenvalue weighted by atomic mass is 9.70. The van der Waals surface area contributed by atoms with E-state index in [2.05, 4.69) is 0 Å². The molecule has 0 N–H and O–H groups in total. The van der Waals surface area contributed by atoms with Crippen LogP contribution in [0.5, 0.6) is 0 Å². The number of ether oxygens (including phenoxy) is 1. The Morgan fingerprint density at radius 1 is 1.33 bits per heavy atom. The third-order valence-electron chi connectivity index (χ3n) is 3.84. The summed E-state index contributed by atoms with van der Waals surface area (Å²) in [7, 11) is 5.66. The second-order valence-corrected chi connectivity index (χ2v) is 5.24. The Morgan fingerprint density at radius 3 is 2.50 bits per heavy atom. The molecule has 0 amide bonds. The van der Waals surface area contributed by atoms with Crippen molar-refractivity contribution < 1.29 is 13.5 Å². The van der Waals surface area contributed by atoms with E-state index in [1.807, 2.05) is 4.90 Å². The summed E-state index contributed by atoms with van der Waals surface area (Å²) in [4.78, 5) is 1.95. The van der Waals surface area contributed by atoms with Gasteiger partial charge < -0.3 is 9.64 Å². The van der Waals surface area contributed by atoms with Gasteiger partial charge in [0.05, 0.1) is 26.8 Å². The van der Waals surface area contributed by atoms with Crippen molar-refractivity contribution in [1.82, 2.24) is 4.90 Å². The van der Waals surface area contributed by atoms with Crippen molar-refractivity contribution in [3.8, 4) is 0 Å². The SMILES string of the molecule is [B]CC1(C)CC(N2CCOCC2)=C(F)C(C)=C1F. The molecule has 2 aliphatic rings. The Labute approximate surface area is 108 Å². The topological polar surface area (TPSA) is 12.5 Å². The van der Waals surface area contributed by atoms with E-state index < -0.39 is 17.1 Å². The van der Waals surface area contributed by atoms with Crippen LogP contribution in [0, 0.1) is 5.41 Å². The van der Waals surface area contributed by atoms with E-state index in [4.69, 9.17) is 12.6 Å². The number of hydrogen-bond acceptors (Lipinski definition) is 2. The van der Waals surface area contributed by atoms with Gasteiger partial charge in [0.1, 0.15) is 11.7 Å². The van der Waals surface area contributed by atoms with Crippen LogP contribution in [0.15, 0.2) is 22.9 Å². The molecular weight excluding hydrogens is 235 g/mol. The summed E-state index contributed by atoms with van der Waals surface area (Å²) in [5.41, 5.74) is -0.117.